The Morgan fingerprint density at radius 3 is 3.13 bits per heavy atom. The van der Waals surface area contributed by atoms with Gasteiger partial charge in [-0.05, 0) is 44.8 Å². The van der Waals surface area contributed by atoms with E-state index in [4.69, 9.17) is 6.42 Å². The fourth-order valence-electron chi connectivity index (χ4n) is 2.23. The van der Waals surface area contributed by atoms with Crippen molar-refractivity contribution in [3.8, 4) is 12.3 Å². The topological polar surface area (TPSA) is 15.3 Å². The van der Waals surface area contributed by atoms with Gasteiger partial charge in [0.1, 0.15) is 0 Å². The van der Waals surface area contributed by atoms with Gasteiger partial charge in [-0.25, -0.2) is 0 Å². The number of nitrogens with zero attached hydrogens (tertiary/aromatic N) is 1. The van der Waals surface area contributed by atoms with Crippen LogP contribution in [0.1, 0.15) is 32.6 Å². The van der Waals surface area contributed by atoms with Crippen LogP contribution in [0.15, 0.2) is 0 Å². The van der Waals surface area contributed by atoms with E-state index in [1.807, 2.05) is 0 Å². The average Bonchev–Trinajstić information content (AvgIpc) is 2.27. The summed E-state index contributed by atoms with van der Waals surface area (Å²) in [5.74, 6) is 3.56. The molecule has 86 valence electrons. The van der Waals surface area contributed by atoms with Crippen LogP contribution >= 0.6 is 0 Å². The van der Waals surface area contributed by atoms with Gasteiger partial charge in [-0.1, -0.05) is 6.92 Å². The fraction of sp³-hybridized carbons (Fsp3) is 0.846. The number of hydrogen-bond acceptors (Lipinski definition) is 2. The van der Waals surface area contributed by atoms with Crippen LogP contribution in [0.4, 0.5) is 0 Å². The van der Waals surface area contributed by atoms with E-state index in [1.54, 1.807) is 0 Å². The first-order chi connectivity index (χ1) is 7.36. The molecule has 15 heavy (non-hydrogen) atoms. The summed E-state index contributed by atoms with van der Waals surface area (Å²) in [4.78, 5) is 2.52. The normalized spacial score (nSPS) is 22.5. The van der Waals surface area contributed by atoms with E-state index in [0.29, 0.717) is 0 Å². The molecule has 1 aliphatic rings. The molecule has 1 unspecified atom stereocenters. The summed E-state index contributed by atoms with van der Waals surface area (Å²) in [7, 11) is 0. The highest BCUT2D eigenvalue weighted by Crippen LogP contribution is 2.15. The molecule has 2 nitrogen and oxygen atoms in total. The minimum Gasteiger partial charge on any atom is -0.316 e. The fourth-order valence-corrected chi connectivity index (χ4v) is 2.23. The first-order valence-corrected chi connectivity index (χ1v) is 6.23. The molecule has 1 rings (SSSR count). The van der Waals surface area contributed by atoms with Crippen LogP contribution in [0.3, 0.4) is 0 Å². The van der Waals surface area contributed by atoms with Crippen LogP contribution in [0, 0.1) is 18.3 Å². The smallest absolute Gasteiger partial charge is 0.0214 e. The molecule has 1 fully saturated rings. The molecule has 0 amide bonds. The molecule has 0 bridgehead atoms. The molecule has 1 N–H and O–H groups in total. The van der Waals surface area contributed by atoms with Crippen LogP contribution in [-0.4, -0.2) is 37.6 Å². The molecule has 0 spiro atoms. The van der Waals surface area contributed by atoms with E-state index in [1.165, 1.54) is 38.9 Å². The molecule has 0 aromatic heterocycles. The average molecular weight is 208 g/mol. The van der Waals surface area contributed by atoms with E-state index in [0.717, 1.165) is 25.4 Å². The van der Waals surface area contributed by atoms with E-state index in [2.05, 4.69) is 23.1 Å². The molecule has 2 heteroatoms. The van der Waals surface area contributed by atoms with Crippen molar-refractivity contribution in [2.75, 3.05) is 32.7 Å². The molecule has 1 aliphatic heterocycles. The minimum absolute atomic E-state index is 0.836. The van der Waals surface area contributed by atoms with Gasteiger partial charge in [0.25, 0.3) is 0 Å². The number of likely N-dealkylation sites (tertiary alicyclic amines) is 1. The van der Waals surface area contributed by atoms with Gasteiger partial charge in [0, 0.05) is 19.5 Å². The van der Waals surface area contributed by atoms with Gasteiger partial charge in [-0.2, -0.15) is 0 Å². The molecular formula is C13H24N2. The monoisotopic (exact) mass is 208 g/mol. The second kappa shape index (κ2) is 7.73. The number of hydrogen-bond donors (Lipinski definition) is 1. The molecule has 0 aromatic carbocycles. The van der Waals surface area contributed by atoms with Crippen molar-refractivity contribution >= 4 is 0 Å². The van der Waals surface area contributed by atoms with Crippen molar-refractivity contribution in [1.29, 1.82) is 0 Å². The highest BCUT2D eigenvalue weighted by Gasteiger charge is 2.18. The Hall–Kier alpha value is -0.520. The van der Waals surface area contributed by atoms with Gasteiger partial charge in [0.05, 0.1) is 0 Å². The summed E-state index contributed by atoms with van der Waals surface area (Å²) in [5, 5.41) is 3.51. The largest absolute Gasteiger partial charge is 0.316 e. The van der Waals surface area contributed by atoms with Crippen molar-refractivity contribution in [1.82, 2.24) is 10.2 Å². The summed E-state index contributed by atoms with van der Waals surface area (Å²) in [5.41, 5.74) is 0. The van der Waals surface area contributed by atoms with Gasteiger partial charge in [-0.3, -0.25) is 0 Å². The van der Waals surface area contributed by atoms with Gasteiger partial charge < -0.3 is 10.2 Å². The van der Waals surface area contributed by atoms with E-state index in [-0.39, 0.29) is 0 Å². The highest BCUT2D eigenvalue weighted by molar-refractivity contribution is 4.86. The summed E-state index contributed by atoms with van der Waals surface area (Å²) in [6, 6.07) is 0. The Morgan fingerprint density at radius 2 is 2.40 bits per heavy atom. The third kappa shape index (κ3) is 5.20. The van der Waals surface area contributed by atoms with Gasteiger partial charge in [0.2, 0.25) is 0 Å². The number of nitrogens with one attached hydrogen (secondary N) is 1. The maximum Gasteiger partial charge on any atom is 0.0214 e. The Morgan fingerprint density at radius 1 is 1.53 bits per heavy atom. The SMILES string of the molecule is C#CCCN1CCCC(CNCCC)C1. The first kappa shape index (κ1) is 12.5. The zero-order valence-electron chi connectivity index (χ0n) is 9.97. The van der Waals surface area contributed by atoms with Crippen LogP contribution in [0.5, 0.6) is 0 Å². The standard InChI is InChI=1S/C13H24N2/c1-3-5-9-15-10-6-7-13(12-15)11-14-8-4-2/h1,13-14H,4-12H2,2H3. The molecule has 1 saturated heterocycles. The lowest BCUT2D eigenvalue weighted by atomic mass is 9.98. The van der Waals surface area contributed by atoms with Crippen LogP contribution in [-0.2, 0) is 0 Å². The lowest BCUT2D eigenvalue weighted by Crippen LogP contribution is -2.40. The summed E-state index contributed by atoms with van der Waals surface area (Å²) in [6.07, 6.45) is 10.1. The van der Waals surface area contributed by atoms with Crippen molar-refractivity contribution in [3.63, 3.8) is 0 Å². The quantitative estimate of drug-likeness (QED) is 0.528. The van der Waals surface area contributed by atoms with Gasteiger partial charge >= 0.3 is 0 Å². The molecule has 0 radical (unpaired) electrons. The van der Waals surface area contributed by atoms with Crippen LogP contribution in [0.25, 0.3) is 0 Å². The summed E-state index contributed by atoms with van der Waals surface area (Å²) < 4.78 is 0. The first-order valence-electron chi connectivity index (χ1n) is 6.23. The lowest BCUT2D eigenvalue weighted by molar-refractivity contribution is 0.176. The number of piperidine rings is 1. The van der Waals surface area contributed by atoms with Crippen LogP contribution < -0.4 is 5.32 Å². The van der Waals surface area contributed by atoms with E-state index < -0.39 is 0 Å². The van der Waals surface area contributed by atoms with Crippen LogP contribution in [0.2, 0.25) is 0 Å². The maximum absolute atomic E-state index is 5.29. The third-order valence-corrected chi connectivity index (χ3v) is 3.04. The second-order valence-corrected chi connectivity index (χ2v) is 4.47. The van der Waals surface area contributed by atoms with Crippen molar-refractivity contribution in [2.45, 2.75) is 32.6 Å². The molecule has 0 aliphatic carbocycles. The number of terminal acetylenes is 1. The zero-order valence-corrected chi connectivity index (χ0v) is 9.97. The van der Waals surface area contributed by atoms with Crippen molar-refractivity contribution < 1.29 is 0 Å². The predicted molar refractivity (Wildman–Crippen MR) is 65.8 cm³/mol. The molecule has 0 aromatic rings. The Balaban J connectivity index is 2.14. The second-order valence-electron chi connectivity index (χ2n) is 4.47. The Labute approximate surface area is 94.4 Å². The molecule has 0 saturated carbocycles. The molecular weight excluding hydrogens is 184 g/mol. The highest BCUT2D eigenvalue weighted by atomic mass is 15.1. The van der Waals surface area contributed by atoms with Gasteiger partial charge in [0.15, 0.2) is 0 Å². The molecule has 1 atom stereocenters. The Kier molecular flexibility index (Phi) is 6.47. The summed E-state index contributed by atoms with van der Waals surface area (Å²) in [6.45, 7) is 8.11. The lowest BCUT2D eigenvalue weighted by Gasteiger charge is -2.32. The molecule has 1 heterocycles. The maximum atomic E-state index is 5.29. The Bertz CT molecular complexity index is 195. The zero-order chi connectivity index (χ0) is 10.9. The van der Waals surface area contributed by atoms with Crippen molar-refractivity contribution in [3.05, 3.63) is 0 Å². The van der Waals surface area contributed by atoms with Crippen molar-refractivity contribution in [2.24, 2.45) is 5.92 Å². The number of rotatable bonds is 6. The third-order valence-electron chi connectivity index (χ3n) is 3.04. The van der Waals surface area contributed by atoms with Gasteiger partial charge in [-0.15, -0.1) is 12.3 Å². The predicted octanol–water partition coefficient (Wildman–Crippen LogP) is 1.72. The summed E-state index contributed by atoms with van der Waals surface area (Å²) >= 11 is 0. The minimum atomic E-state index is 0.836. The van der Waals surface area contributed by atoms with E-state index in [9.17, 15) is 0 Å². The van der Waals surface area contributed by atoms with E-state index >= 15 is 0 Å².